The third-order valence-corrected chi connectivity index (χ3v) is 8.12. The number of primary sulfonamides is 1. The van der Waals surface area contributed by atoms with Crippen LogP contribution in [0.5, 0.6) is 0 Å². The van der Waals surface area contributed by atoms with Crippen LogP contribution in [0.2, 0.25) is 5.02 Å². The van der Waals surface area contributed by atoms with E-state index in [1.165, 1.54) is 34.9 Å². The summed E-state index contributed by atoms with van der Waals surface area (Å²) in [4.78, 5) is 26.2. The van der Waals surface area contributed by atoms with Gasteiger partial charge in [0.1, 0.15) is 11.6 Å². The van der Waals surface area contributed by atoms with E-state index in [2.05, 4.69) is 10.4 Å². The van der Waals surface area contributed by atoms with E-state index in [0.717, 1.165) is 30.4 Å². The Morgan fingerprint density at radius 3 is 2.48 bits per heavy atom. The predicted molar refractivity (Wildman–Crippen MR) is 161 cm³/mol. The molecule has 0 saturated heterocycles. The molecule has 0 saturated carbocycles. The minimum atomic E-state index is -4.03. The lowest BCUT2D eigenvalue weighted by Crippen LogP contribution is -2.27. The normalized spacial score (nSPS) is 11.5. The third-order valence-electron chi connectivity index (χ3n) is 6.83. The van der Waals surface area contributed by atoms with Crippen molar-refractivity contribution < 1.29 is 17.6 Å². The lowest BCUT2D eigenvalue weighted by atomic mass is 10.0. The quantitative estimate of drug-likeness (QED) is 0.216. The predicted octanol–water partition coefficient (Wildman–Crippen LogP) is 5.06. The molecule has 0 bridgehead atoms. The molecule has 9 nitrogen and oxygen atoms in total. The number of carbonyl (C=O) groups is 1. The summed E-state index contributed by atoms with van der Waals surface area (Å²) in [7, 11) is -4.03. The van der Waals surface area contributed by atoms with Crippen LogP contribution in [0.4, 0.5) is 4.39 Å². The van der Waals surface area contributed by atoms with Crippen molar-refractivity contribution in [1.29, 1.82) is 0 Å². The Kier molecular flexibility index (Phi) is 9.97. The van der Waals surface area contributed by atoms with Crippen LogP contribution in [0.3, 0.4) is 0 Å². The highest BCUT2D eigenvalue weighted by Crippen LogP contribution is 2.28. The Bertz CT molecular complexity index is 1770. The molecule has 1 aromatic heterocycles. The summed E-state index contributed by atoms with van der Waals surface area (Å²) in [5, 5.41) is 13.0. The molecule has 0 aliphatic carbocycles. The highest BCUT2D eigenvalue weighted by Gasteiger charge is 2.20. The molecule has 3 N–H and O–H groups in total. The molecule has 4 aromatic rings. The molecule has 42 heavy (non-hydrogen) atoms. The summed E-state index contributed by atoms with van der Waals surface area (Å²) in [5.41, 5.74) is 0.861. The van der Waals surface area contributed by atoms with Gasteiger partial charge in [-0.05, 0) is 48.7 Å². The summed E-state index contributed by atoms with van der Waals surface area (Å²) in [5.74, 6) is -0.466. The maximum atomic E-state index is 15.4. The second-order valence-corrected chi connectivity index (χ2v) is 11.9. The first-order chi connectivity index (χ1) is 20.0. The van der Waals surface area contributed by atoms with Gasteiger partial charge in [0.05, 0.1) is 22.2 Å². The molecule has 0 fully saturated rings. The van der Waals surface area contributed by atoms with E-state index in [1.807, 2.05) is 13.8 Å². The van der Waals surface area contributed by atoms with Gasteiger partial charge in [-0.25, -0.2) is 22.7 Å². The molecule has 4 rings (SSSR count). The van der Waals surface area contributed by atoms with E-state index in [-0.39, 0.29) is 39.2 Å². The second-order valence-electron chi connectivity index (χ2n) is 9.92. The summed E-state index contributed by atoms with van der Waals surface area (Å²) in [6, 6.07) is 15.0. The number of nitrogens with two attached hydrogens (primary N) is 1. The summed E-state index contributed by atoms with van der Waals surface area (Å²) in [6.45, 7) is 4.45. The maximum Gasteiger partial charge on any atom is 0.351 e. The monoisotopic (exact) mass is 613 g/mol. The second kappa shape index (κ2) is 13.5. The fourth-order valence-electron chi connectivity index (χ4n) is 4.54. The molecule has 0 aliphatic rings. The van der Waals surface area contributed by atoms with E-state index in [4.69, 9.17) is 16.7 Å². The van der Waals surface area contributed by atoms with Gasteiger partial charge in [0.25, 0.3) is 5.91 Å². The van der Waals surface area contributed by atoms with Crippen molar-refractivity contribution in [3.63, 3.8) is 0 Å². The van der Waals surface area contributed by atoms with E-state index in [9.17, 15) is 18.0 Å². The number of amides is 1. The maximum absolute atomic E-state index is 15.4. The van der Waals surface area contributed by atoms with Crippen LogP contribution in [0, 0.1) is 5.82 Å². The Labute approximate surface area is 249 Å². The van der Waals surface area contributed by atoms with Gasteiger partial charge in [-0.15, -0.1) is 5.10 Å². The zero-order valence-corrected chi connectivity index (χ0v) is 25.0. The first-order valence-electron chi connectivity index (χ1n) is 13.7. The Morgan fingerprint density at radius 1 is 1.05 bits per heavy atom. The molecule has 0 spiro atoms. The van der Waals surface area contributed by atoms with Crippen molar-refractivity contribution in [2.24, 2.45) is 5.14 Å². The highest BCUT2D eigenvalue weighted by molar-refractivity contribution is 7.89. The summed E-state index contributed by atoms with van der Waals surface area (Å²) in [6.07, 6.45) is 3.84. The van der Waals surface area contributed by atoms with Crippen LogP contribution >= 0.6 is 11.6 Å². The smallest absolute Gasteiger partial charge is 0.351 e. The van der Waals surface area contributed by atoms with E-state index in [1.54, 1.807) is 30.3 Å². The molecule has 0 radical (unpaired) electrons. The minimum Gasteiger partial charge on any atom is -0.352 e. The topological polar surface area (TPSA) is 129 Å². The first kappa shape index (κ1) is 31.1. The van der Waals surface area contributed by atoms with Crippen molar-refractivity contribution >= 4 is 27.5 Å². The first-order valence-corrected chi connectivity index (χ1v) is 15.6. The van der Waals surface area contributed by atoms with Crippen LogP contribution in [0.15, 0.2) is 70.4 Å². The van der Waals surface area contributed by atoms with Crippen LogP contribution in [-0.4, -0.2) is 35.2 Å². The number of hydrogen-bond acceptors (Lipinski definition) is 5. The molecule has 1 amide bonds. The molecule has 0 unspecified atom stereocenters. The fourth-order valence-corrected chi connectivity index (χ4v) is 5.49. The number of halogens is 2. The lowest BCUT2D eigenvalue weighted by molar-refractivity contribution is 0.0953. The third kappa shape index (κ3) is 6.97. The summed E-state index contributed by atoms with van der Waals surface area (Å²) < 4.78 is 42.1. The lowest BCUT2D eigenvalue weighted by Gasteiger charge is -2.11. The van der Waals surface area contributed by atoms with Crippen molar-refractivity contribution in [1.82, 2.24) is 19.7 Å². The van der Waals surface area contributed by atoms with E-state index in [0.29, 0.717) is 29.9 Å². The number of sulfonamides is 1. The number of benzene rings is 3. The minimum absolute atomic E-state index is 0.115. The number of aromatic nitrogens is 3. The molecule has 12 heteroatoms. The number of nitrogens with one attached hydrogen (secondary N) is 1. The van der Waals surface area contributed by atoms with Gasteiger partial charge >= 0.3 is 5.69 Å². The van der Waals surface area contributed by atoms with Crippen molar-refractivity contribution in [2.75, 3.05) is 6.54 Å². The SMILES string of the molecule is CCCCNC(=O)c1ccc(Cl)c(-n2nc(CCCC)n(Cc3ccc(-c4ccccc4S(N)(=O)=O)cc3F)c2=O)c1. The van der Waals surface area contributed by atoms with Crippen molar-refractivity contribution in [2.45, 2.75) is 57.4 Å². The molecular weight excluding hydrogens is 581 g/mol. The molecular formula is C30H33ClFN5O4S. The molecule has 222 valence electrons. The van der Waals surface area contributed by atoms with Gasteiger partial charge in [0.2, 0.25) is 10.0 Å². The van der Waals surface area contributed by atoms with Crippen LogP contribution in [0.1, 0.15) is 61.3 Å². The van der Waals surface area contributed by atoms with Crippen molar-refractivity contribution in [3.8, 4) is 16.8 Å². The van der Waals surface area contributed by atoms with Gasteiger partial charge in [0.15, 0.2) is 0 Å². The van der Waals surface area contributed by atoms with Gasteiger partial charge in [-0.2, -0.15) is 4.68 Å². The average Bonchev–Trinajstić information content (AvgIpc) is 3.27. The number of carbonyl (C=O) groups excluding carboxylic acids is 1. The number of rotatable bonds is 12. The van der Waals surface area contributed by atoms with Gasteiger partial charge in [-0.3, -0.25) is 9.36 Å². The van der Waals surface area contributed by atoms with Gasteiger partial charge in [0, 0.05) is 29.7 Å². The zero-order valence-electron chi connectivity index (χ0n) is 23.4. The molecule has 3 aromatic carbocycles. The van der Waals surface area contributed by atoms with Gasteiger partial charge in [-0.1, -0.05) is 68.6 Å². The largest absolute Gasteiger partial charge is 0.352 e. The number of nitrogens with zero attached hydrogens (tertiary/aromatic N) is 3. The Balaban J connectivity index is 1.72. The van der Waals surface area contributed by atoms with Crippen molar-refractivity contribution in [3.05, 3.63) is 98.9 Å². The van der Waals surface area contributed by atoms with E-state index >= 15 is 4.39 Å². The Hall–Kier alpha value is -3.80. The summed E-state index contributed by atoms with van der Waals surface area (Å²) >= 11 is 6.45. The fraction of sp³-hybridized carbons (Fsp3) is 0.300. The van der Waals surface area contributed by atoms with Crippen LogP contribution in [0.25, 0.3) is 16.8 Å². The zero-order chi connectivity index (χ0) is 30.4. The number of hydrogen-bond donors (Lipinski definition) is 2. The average molecular weight is 614 g/mol. The Morgan fingerprint density at radius 2 is 1.79 bits per heavy atom. The molecule has 0 atom stereocenters. The highest BCUT2D eigenvalue weighted by atomic mass is 35.5. The molecule has 0 aliphatic heterocycles. The van der Waals surface area contributed by atoms with Crippen LogP contribution < -0.4 is 16.1 Å². The van der Waals surface area contributed by atoms with Gasteiger partial charge < -0.3 is 5.32 Å². The van der Waals surface area contributed by atoms with Crippen LogP contribution in [-0.2, 0) is 23.0 Å². The molecule has 1 heterocycles. The standard InChI is InChI=1S/C30H33ClFN5O4S/c1-3-5-11-28-35-37(26-18-21(14-15-24(26)31)29(38)34-16-6-4-2)30(39)36(28)19-22-13-12-20(17-25(22)32)23-9-7-8-10-27(23)42(33,40)41/h7-10,12-15,17-18H,3-6,11,16,19H2,1-2H3,(H,34,38)(H2,33,40,41). The number of aryl methyl sites for hydroxylation is 1. The number of unbranched alkanes of at least 4 members (excludes halogenated alkanes) is 2. The van der Waals surface area contributed by atoms with E-state index < -0.39 is 21.5 Å².